The third-order valence-corrected chi connectivity index (χ3v) is 3.25. The Balaban J connectivity index is 2.48. The summed E-state index contributed by atoms with van der Waals surface area (Å²) >= 11 is 0. The molecule has 0 aromatic carbocycles. The lowest BCUT2D eigenvalue weighted by Gasteiger charge is -2.29. The summed E-state index contributed by atoms with van der Waals surface area (Å²) in [5.74, 6) is -1.65. The average Bonchev–Trinajstić information content (AvgIpc) is 2.37. The Bertz CT molecular complexity index is 388. The lowest BCUT2D eigenvalue weighted by molar-refractivity contribution is -0.149. The van der Waals surface area contributed by atoms with Crippen LogP contribution < -0.4 is 5.32 Å². The number of carbonyl (C=O) groups is 3. The fraction of sp³-hybridized carbons (Fsp3) is 0.769. The number of carboxylic acid groups (broad SMARTS) is 1. The lowest BCUT2D eigenvalue weighted by atomic mass is 9.89. The van der Waals surface area contributed by atoms with Crippen LogP contribution in [0.25, 0.3) is 0 Å². The van der Waals surface area contributed by atoms with E-state index in [0.717, 1.165) is 0 Å². The van der Waals surface area contributed by atoms with Gasteiger partial charge in [0.25, 0.3) is 0 Å². The number of carboxylic acids is 1. The number of aliphatic carboxylic acids is 1. The van der Waals surface area contributed by atoms with Crippen molar-refractivity contribution in [3.8, 4) is 0 Å². The molecule has 2 N–H and O–H groups in total. The van der Waals surface area contributed by atoms with Gasteiger partial charge in [-0.15, -0.1) is 0 Å². The molecule has 0 bridgehead atoms. The minimum absolute atomic E-state index is 0.164. The van der Waals surface area contributed by atoms with Gasteiger partial charge < -0.3 is 20.1 Å². The van der Waals surface area contributed by atoms with E-state index >= 15 is 0 Å². The highest BCUT2D eigenvalue weighted by Crippen LogP contribution is 2.20. The summed E-state index contributed by atoms with van der Waals surface area (Å²) in [5, 5.41) is 11.5. The second-order valence-corrected chi connectivity index (χ2v) is 5.59. The number of hydrogen-bond donors (Lipinski definition) is 2. The summed E-state index contributed by atoms with van der Waals surface area (Å²) < 4.78 is 5.16. The van der Waals surface area contributed by atoms with Crippen molar-refractivity contribution in [2.45, 2.75) is 33.2 Å². The van der Waals surface area contributed by atoms with Gasteiger partial charge in [0.1, 0.15) is 6.04 Å². The molecule has 20 heavy (non-hydrogen) atoms. The molecular weight excluding hydrogens is 264 g/mol. The van der Waals surface area contributed by atoms with E-state index in [1.54, 1.807) is 11.8 Å². The molecule has 0 aromatic heterocycles. The van der Waals surface area contributed by atoms with Gasteiger partial charge in [0.2, 0.25) is 11.8 Å². The molecule has 0 aliphatic carbocycles. The van der Waals surface area contributed by atoms with Crippen LogP contribution in [-0.4, -0.2) is 60.1 Å². The first kappa shape index (κ1) is 16.4. The third-order valence-electron chi connectivity index (χ3n) is 3.25. The van der Waals surface area contributed by atoms with E-state index < -0.39 is 23.3 Å². The van der Waals surface area contributed by atoms with Gasteiger partial charge in [0.15, 0.2) is 0 Å². The van der Waals surface area contributed by atoms with Crippen LogP contribution in [0, 0.1) is 5.41 Å². The van der Waals surface area contributed by atoms with Gasteiger partial charge in [-0.25, -0.2) is 0 Å². The molecule has 0 spiro atoms. The molecule has 1 aliphatic rings. The molecule has 1 saturated heterocycles. The van der Waals surface area contributed by atoms with Gasteiger partial charge in [-0.05, 0) is 20.8 Å². The number of amides is 2. The molecular formula is C13H22N2O5. The van der Waals surface area contributed by atoms with E-state index in [1.807, 2.05) is 0 Å². The lowest BCUT2D eigenvalue weighted by Crippen LogP contribution is -2.51. The first-order chi connectivity index (χ1) is 9.24. The second-order valence-electron chi connectivity index (χ2n) is 5.59. The SMILES string of the molecule is CC(NC(=O)CC(C)(C)C(=O)O)C(=O)N1CCOCC1. The highest BCUT2D eigenvalue weighted by molar-refractivity contribution is 5.89. The highest BCUT2D eigenvalue weighted by Gasteiger charge is 2.31. The smallest absolute Gasteiger partial charge is 0.309 e. The molecule has 114 valence electrons. The van der Waals surface area contributed by atoms with Crippen LogP contribution in [0.2, 0.25) is 0 Å². The fourth-order valence-corrected chi connectivity index (χ4v) is 1.89. The van der Waals surface area contributed by atoms with Crippen molar-refractivity contribution in [3.05, 3.63) is 0 Å². The Hall–Kier alpha value is -1.63. The molecule has 1 aliphatic heterocycles. The third kappa shape index (κ3) is 4.48. The van der Waals surface area contributed by atoms with Gasteiger partial charge >= 0.3 is 5.97 Å². The molecule has 1 heterocycles. The zero-order valence-electron chi connectivity index (χ0n) is 12.1. The summed E-state index contributed by atoms with van der Waals surface area (Å²) in [7, 11) is 0. The maximum absolute atomic E-state index is 12.1. The van der Waals surface area contributed by atoms with Gasteiger partial charge in [-0.1, -0.05) is 0 Å². The maximum atomic E-state index is 12.1. The van der Waals surface area contributed by atoms with E-state index in [0.29, 0.717) is 26.3 Å². The Morgan fingerprint density at radius 1 is 1.30 bits per heavy atom. The number of ether oxygens (including phenoxy) is 1. The van der Waals surface area contributed by atoms with Gasteiger partial charge in [-0.2, -0.15) is 0 Å². The molecule has 7 heteroatoms. The van der Waals surface area contributed by atoms with E-state index in [9.17, 15) is 14.4 Å². The monoisotopic (exact) mass is 286 g/mol. The molecule has 0 saturated carbocycles. The summed E-state index contributed by atoms with van der Waals surface area (Å²) in [6.07, 6.45) is -0.164. The number of hydrogen-bond acceptors (Lipinski definition) is 4. The molecule has 7 nitrogen and oxygen atoms in total. The van der Waals surface area contributed by atoms with Gasteiger partial charge in [-0.3, -0.25) is 14.4 Å². The zero-order chi connectivity index (χ0) is 15.3. The molecule has 0 radical (unpaired) electrons. The van der Waals surface area contributed by atoms with Crippen molar-refractivity contribution in [2.75, 3.05) is 26.3 Å². The minimum Gasteiger partial charge on any atom is -0.481 e. The van der Waals surface area contributed by atoms with Crippen LogP contribution in [0.1, 0.15) is 27.2 Å². The Labute approximate surface area is 118 Å². The predicted octanol–water partition coefficient (Wildman–Crippen LogP) is -0.149. The molecule has 1 fully saturated rings. The van der Waals surface area contributed by atoms with E-state index in [4.69, 9.17) is 9.84 Å². The van der Waals surface area contributed by atoms with Gasteiger partial charge in [0, 0.05) is 19.5 Å². The number of carbonyl (C=O) groups excluding carboxylic acids is 2. The van der Waals surface area contributed by atoms with Gasteiger partial charge in [0.05, 0.1) is 18.6 Å². The molecule has 1 unspecified atom stereocenters. The number of rotatable bonds is 5. The fourth-order valence-electron chi connectivity index (χ4n) is 1.89. The topological polar surface area (TPSA) is 95.9 Å². The average molecular weight is 286 g/mol. The summed E-state index contributed by atoms with van der Waals surface area (Å²) in [6, 6.07) is -0.662. The maximum Gasteiger partial charge on any atom is 0.309 e. The van der Waals surface area contributed by atoms with Crippen molar-refractivity contribution < 1.29 is 24.2 Å². The largest absolute Gasteiger partial charge is 0.481 e. The molecule has 1 rings (SSSR count). The number of nitrogens with zero attached hydrogens (tertiary/aromatic N) is 1. The van der Waals surface area contributed by atoms with Crippen LogP contribution in [0.4, 0.5) is 0 Å². The van der Waals surface area contributed by atoms with Crippen molar-refractivity contribution in [1.29, 1.82) is 0 Å². The molecule has 2 amide bonds. The predicted molar refractivity (Wildman–Crippen MR) is 71.0 cm³/mol. The Morgan fingerprint density at radius 2 is 1.85 bits per heavy atom. The van der Waals surface area contributed by atoms with Crippen LogP contribution >= 0.6 is 0 Å². The van der Waals surface area contributed by atoms with Crippen molar-refractivity contribution in [3.63, 3.8) is 0 Å². The van der Waals surface area contributed by atoms with E-state index in [1.165, 1.54) is 13.8 Å². The molecule has 1 atom stereocenters. The quantitative estimate of drug-likeness (QED) is 0.733. The normalized spacial score (nSPS) is 17.4. The van der Waals surface area contributed by atoms with Crippen LogP contribution in [0.3, 0.4) is 0 Å². The highest BCUT2D eigenvalue weighted by atomic mass is 16.5. The first-order valence-electron chi connectivity index (χ1n) is 6.63. The number of nitrogens with one attached hydrogen (secondary N) is 1. The van der Waals surface area contributed by atoms with Crippen LogP contribution in [0.15, 0.2) is 0 Å². The summed E-state index contributed by atoms with van der Waals surface area (Å²) in [5.41, 5.74) is -1.15. The standard InChI is InChI=1S/C13H22N2O5/c1-9(11(17)15-4-6-20-7-5-15)14-10(16)8-13(2,3)12(18)19/h9H,4-8H2,1-3H3,(H,14,16)(H,18,19). The Morgan fingerprint density at radius 3 is 2.35 bits per heavy atom. The minimum atomic E-state index is -1.15. The molecule has 0 aromatic rings. The van der Waals surface area contributed by atoms with Crippen molar-refractivity contribution in [1.82, 2.24) is 10.2 Å². The van der Waals surface area contributed by atoms with E-state index in [-0.39, 0.29) is 12.3 Å². The van der Waals surface area contributed by atoms with E-state index in [2.05, 4.69) is 5.32 Å². The van der Waals surface area contributed by atoms with Crippen molar-refractivity contribution >= 4 is 17.8 Å². The summed E-state index contributed by atoms with van der Waals surface area (Å²) in [6.45, 7) is 6.58. The second kappa shape index (κ2) is 6.69. The summed E-state index contributed by atoms with van der Waals surface area (Å²) in [4.78, 5) is 36.5. The Kier molecular flexibility index (Phi) is 5.50. The van der Waals surface area contributed by atoms with Crippen molar-refractivity contribution in [2.24, 2.45) is 5.41 Å². The van der Waals surface area contributed by atoms with Crippen LogP contribution in [0.5, 0.6) is 0 Å². The first-order valence-corrected chi connectivity index (χ1v) is 6.63. The van der Waals surface area contributed by atoms with Crippen LogP contribution in [-0.2, 0) is 19.1 Å². The number of morpholine rings is 1. The zero-order valence-corrected chi connectivity index (χ0v) is 12.1.